The Kier molecular flexibility index (Phi) is 4.60. The van der Waals surface area contributed by atoms with Gasteiger partial charge < -0.3 is 5.32 Å². The van der Waals surface area contributed by atoms with E-state index >= 15 is 0 Å². The maximum atomic E-state index is 12.7. The highest BCUT2D eigenvalue weighted by Gasteiger charge is 2.08. The Labute approximate surface area is 85.3 Å². The van der Waals surface area contributed by atoms with Crippen LogP contribution < -0.4 is 5.32 Å². The zero-order valence-electron chi connectivity index (χ0n) is 8.89. The Bertz CT molecular complexity index is 250. The van der Waals surface area contributed by atoms with Crippen molar-refractivity contribution in [1.82, 2.24) is 5.32 Å². The molecule has 1 unspecified atom stereocenters. The zero-order chi connectivity index (χ0) is 10.4. The molecule has 0 aliphatic heterocycles. The molecule has 1 atom stereocenters. The fourth-order valence-corrected chi connectivity index (χ4v) is 1.62. The molecule has 0 radical (unpaired) electrons. The van der Waals surface area contributed by atoms with Crippen LogP contribution in [-0.4, -0.2) is 6.54 Å². The van der Waals surface area contributed by atoms with Crippen molar-refractivity contribution in [3.8, 4) is 0 Å². The fraction of sp³-hybridized carbons (Fsp3) is 0.500. The molecule has 1 rings (SSSR count). The SMILES string of the molecule is CCCC(NCC)c1ccc(F)cc1. The van der Waals surface area contributed by atoms with Gasteiger partial charge in [0.2, 0.25) is 0 Å². The Morgan fingerprint density at radius 1 is 1.21 bits per heavy atom. The molecule has 0 amide bonds. The second kappa shape index (κ2) is 5.76. The Morgan fingerprint density at radius 3 is 2.36 bits per heavy atom. The molecule has 0 saturated carbocycles. The third-order valence-corrected chi connectivity index (χ3v) is 2.30. The largest absolute Gasteiger partial charge is 0.310 e. The fourth-order valence-electron chi connectivity index (χ4n) is 1.62. The quantitative estimate of drug-likeness (QED) is 0.760. The minimum Gasteiger partial charge on any atom is -0.310 e. The number of hydrogen-bond donors (Lipinski definition) is 1. The van der Waals surface area contributed by atoms with Crippen molar-refractivity contribution in [2.45, 2.75) is 32.7 Å². The summed E-state index contributed by atoms with van der Waals surface area (Å²) in [6.07, 6.45) is 2.23. The molecule has 0 heterocycles. The molecule has 78 valence electrons. The first-order valence-corrected chi connectivity index (χ1v) is 5.26. The lowest BCUT2D eigenvalue weighted by atomic mass is 10.0. The summed E-state index contributed by atoms with van der Waals surface area (Å²) in [6, 6.07) is 7.13. The summed E-state index contributed by atoms with van der Waals surface area (Å²) < 4.78 is 12.7. The molecule has 0 fully saturated rings. The van der Waals surface area contributed by atoms with Gasteiger partial charge in [0.25, 0.3) is 0 Å². The Balaban J connectivity index is 2.71. The lowest BCUT2D eigenvalue weighted by Gasteiger charge is -2.17. The molecular formula is C12H18FN. The first-order valence-electron chi connectivity index (χ1n) is 5.26. The van der Waals surface area contributed by atoms with Gasteiger partial charge in [0, 0.05) is 6.04 Å². The molecule has 1 nitrogen and oxygen atoms in total. The monoisotopic (exact) mass is 195 g/mol. The highest BCUT2D eigenvalue weighted by atomic mass is 19.1. The summed E-state index contributed by atoms with van der Waals surface area (Å²) in [5.41, 5.74) is 1.18. The summed E-state index contributed by atoms with van der Waals surface area (Å²) in [4.78, 5) is 0. The molecule has 1 aromatic rings. The maximum Gasteiger partial charge on any atom is 0.123 e. The summed E-state index contributed by atoms with van der Waals surface area (Å²) in [5, 5.41) is 3.40. The van der Waals surface area contributed by atoms with E-state index < -0.39 is 0 Å². The molecular weight excluding hydrogens is 177 g/mol. The van der Waals surface area contributed by atoms with Crippen molar-refractivity contribution in [3.63, 3.8) is 0 Å². The van der Waals surface area contributed by atoms with Gasteiger partial charge in [-0.25, -0.2) is 4.39 Å². The van der Waals surface area contributed by atoms with Crippen molar-refractivity contribution in [2.75, 3.05) is 6.54 Å². The molecule has 0 aromatic heterocycles. The third kappa shape index (κ3) is 3.11. The van der Waals surface area contributed by atoms with Crippen LogP contribution in [0.4, 0.5) is 4.39 Å². The van der Waals surface area contributed by atoms with Crippen LogP contribution in [0.15, 0.2) is 24.3 Å². The van der Waals surface area contributed by atoms with Gasteiger partial charge in [-0.1, -0.05) is 32.4 Å². The van der Waals surface area contributed by atoms with Crippen LogP contribution in [0.2, 0.25) is 0 Å². The van der Waals surface area contributed by atoms with Crippen molar-refractivity contribution in [2.24, 2.45) is 0 Å². The van der Waals surface area contributed by atoms with E-state index in [1.54, 1.807) is 0 Å². The molecule has 0 saturated heterocycles. The number of nitrogens with one attached hydrogen (secondary N) is 1. The molecule has 0 aliphatic carbocycles. The van der Waals surface area contributed by atoms with E-state index in [-0.39, 0.29) is 5.82 Å². The standard InChI is InChI=1S/C12H18FN/c1-3-5-12(14-4-2)10-6-8-11(13)9-7-10/h6-9,12,14H,3-5H2,1-2H3. The van der Waals surface area contributed by atoms with E-state index in [9.17, 15) is 4.39 Å². The van der Waals surface area contributed by atoms with Crippen LogP contribution in [-0.2, 0) is 0 Å². The van der Waals surface area contributed by atoms with Gasteiger partial charge in [-0.3, -0.25) is 0 Å². The molecule has 1 N–H and O–H groups in total. The minimum atomic E-state index is -0.166. The van der Waals surface area contributed by atoms with Crippen LogP contribution in [0.25, 0.3) is 0 Å². The molecule has 2 heteroatoms. The van der Waals surface area contributed by atoms with Crippen LogP contribution in [0, 0.1) is 5.82 Å². The van der Waals surface area contributed by atoms with E-state index in [1.165, 1.54) is 17.7 Å². The van der Waals surface area contributed by atoms with Crippen molar-refractivity contribution < 1.29 is 4.39 Å². The summed E-state index contributed by atoms with van der Waals surface area (Å²) in [7, 11) is 0. The topological polar surface area (TPSA) is 12.0 Å². The predicted octanol–water partition coefficient (Wildman–Crippen LogP) is 3.28. The molecule has 1 aromatic carbocycles. The minimum absolute atomic E-state index is 0.166. The number of halogens is 1. The van der Waals surface area contributed by atoms with Gasteiger partial charge in [-0.15, -0.1) is 0 Å². The molecule has 0 spiro atoms. The van der Waals surface area contributed by atoms with E-state index in [4.69, 9.17) is 0 Å². The maximum absolute atomic E-state index is 12.7. The molecule has 0 aliphatic rings. The smallest absolute Gasteiger partial charge is 0.123 e. The summed E-state index contributed by atoms with van der Waals surface area (Å²) >= 11 is 0. The number of rotatable bonds is 5. The van der Waals surface area contributed by atoms with Gasteiger partial charge in [0.15, 0.2) is 0 Å². The van der Waals surface area contributed by atoms with Crippen molar-refractivity contribution >= 4 is 0 Å². The average molecular weight is 195 g/mol. The van der Waals surface area contributed by atoms with E-state index in [0.717, 1.165) is 19.4 Å². The van der Waals surface area contributed by atoms with Crippen LogP contribution in [0.3, 0.4) is 0 Å². The first kappa shape index (κ1) is 11.2. The van der Waals surface area contributed by atoms with Gasteiger partial charge in [-0.2, -0.15) is 0 Å². The second-order valence-electron chi connectivity index (χ2n) is 3.45. The number of hydrogen-bond acceptors (Lipinski definition) is 1. The number of benzene rings is 1. The zero-order valence-corrected chi connectivity index (χ0v) is 8.89. The Hall–Kier alpha value is -0.890. The van der Waals surface area contributed by atoms with E-state index in [2.05, 4.69) is 19.2 Å². The second-order valence-corrected chi connectivity index (χ2v) is 3.45. The van der Waals surface area contributed by atoms with E-state index in [0.29, 0.717) is 6.04 Å². The third-order valence-electron chi connectivity index (χ3n) is 2.30. The van der Waals surface area contributed by atoms with Crippen LogP contribution in [0.1, 0.15) is 38.3 Å². The summed E-state index contributed by atoms with van der Waals surface area (Å²) in [5.74, 6) is -0.166. The predicted molar refractivity (Wildman–Crippen MR) is 57.7 cm³/mol. The molecule has 14 heavy (non-hydrogen) atoms. The van der Waals surface area contributed by atoms with Crippen LogP contribution in [0.5, 0.6) is 0 Å². The summed E-state index contributed by atoms with van der Waals surface area (Å²) in [6.45, 7) is 5.20. The highest BCUT2D eigenvalue weighted by molar-refractivity contribution is 5.19. The first-order chi connectivity index (χ1) is 6.77. The van der Waals surface area contributed by atoms with Crippen LogP contribution >= 0.6 is 0 Å². The van der Waals surface area contributed by atoms with E-state index in [1.807, 2.05) is 12.1 Å². The van der Waals surface area contributed by atoms with Gasteiger partial charge in [-0.05, 0) is 30.7 Å². The lowest BCUT2D eigenvalue weighted by Crippen LogP contribution is -2.20. The highest BCUT2D eigenvalue weighted by Crippen LogP contribution is 2.18. The molecule has 0 bridgehead atoms. The average Bonchev–Trinajstić information content (AvgIpc) is 2.19. The van der Waals surface area contributed by atoms with Crippen molar-refractivity contribution in [3.05, 3.63) is 35.6 Å². The van der Waals surface area contributed by atoms with Gasteiger partial charge in [0.05, 0.1) is 0 Å². The van der Waals surface area contributed by atoms with Gasteiger partial charge in [0.1, 0.15) is 5.82 Å². The normalized spacial score (nSPS) is 12.8. The lowest BCUT2D eigenvalue weighted by molar-refractivity contribution is 0.508. The van der Waals surface area contributed by atoms with Gasteiger partial charge >= 0.3 is 0 Å². The van der Waals surface area contributed by atoms with Crippen molar-refractivity contribution in [1.29, 1.82) is 0 Å². The Morgan fingerprint density at radius 2 is 1.86 bits per heavy atom.